The molecular formula is C14H17ClO5S. The lowest BCUT2D eigenvalue weighted by Gasteiger charge is -2.17. The molecule has 2 rings (SSSR count). The van der Waals surface area contributed by atoms with Crippen LogP contribution in [0.3, 0.4) is 0 Å². The minimum Gasteiger partial charge on any atom is -0.459 e. The number of benzene rings is 1. The van der Waals surface area contributed by atoms with E-state index in [2.05, 4.69) is 0 Å². The summed E-state index contributed by atoms with van der Waals surface area (Å²) >= 11 is 5.72. The summed E-state index contributed by atoms with van der Waals surface area (Å²) in [6, 6.07) is 5.66. The first-order valence-electron chi connectivity index (χ1n) is 6.52. The molecule has 2 unspecified atom stereocenters. The molecule has 0 amide bonds. The fourth-order valence-electron chi connectivity index (χ4n) is 2.28. The van der Waals surface area contributed by atoms with Gasteiger partial charge in [-0.2, -0.15) is 8.42 Å². The molecule has 1 aliphatic rings. The van der Waals surface area contributed by atoms with Crippen molar-refractivity contribution >= 4 is 27.7 Å². The average Bonchev–Trinajstić information content (AvgIpc) is 2.63. The van der Waals surface area contributed by atoms with Crippen molar-refractivity contribution in [3.63, 3.8) is 0 Å². The number of rotatable bonds is 4. The summed E-state index contributed by atoms with van der Waals surface area (Å²) in [5.41, 5.74) is -0.594. The Morgan fingerprint density at radius 2 is 1.90 bits per heavy atom. The summed E-state index contributed by atoms with van der Waals surface area (Å²) in [6.07, 6.45) is -0.372. The molecule has 1 aromatic carbocycles. The van der Waals surface area contributed by atoms with Crippen molar-refractivity contribution in [2.45, 2.75) is 43.8 Å². The van der Waals surface area contributed by atoms with E-state index in [1.807, 2.05) is 0 Å². The molecule has 1 saturated heterocycles. The zero-order chi connectivity index (χ0) is 15.8. The molecule has 7 heteroatoms. The van der Waals surface area contributed by atoms with Gasteiger partial charge in [0.05, 0.1) is 16.9 Å². The fraction of sp³-hybridized carbons (Fsp3) is 0.500. The van der Waals surface area contributed by atoms with Crippen LogP contribution in [0.1, 0.15) is 27.2 Å². The fourth-order valence-corrected chi connectivity index (χ4v) is 3.52. The normalized spacial score (nSPS) is 22.9. The maximum atomic E-state index is 12.2. The third-order valence-corrected chi connectivity index (χ3v) is 5.00. The van der Waals surface area contributed by atoms with Crippen molar-refractivity contribution in [3.8, 4) is 0 Å². The van der Waals surface area contributed by atoms with E-state index in [4.69, 9.17) is 20.5 Å². The highest BCUT2D eigenvalue weighted by Crippen LogP contribution is 2.34. The van der Waals surface area contributed by atoms with Gasteiger partial charge in [0, 0.05) is 11.4 Å². The highest BCUT2D eigenvalue weighted by Gasteiger charge is 2.44. The first kappa shape index (κ1) is 16.3. The molecule has 1 heterocycles. The van der Waals surface area contributed by atoms with Crippen LogP contribution in [0.25, 0.3) is 0 Å². The molecule has 0 radical (unpaired) electrons. The van der Waals surface area contributed by atoms with Crippen LogP contribution in [-0.2, 0) is 23.8 Å². The van der Waals surface area contributed by atoms with Crippen molar-refractivity contribution in [1.82, 2.24) is 0 Å². The third-order valence-electron chi connectivity index (χ3n) is 3.34. The first-order valence-corrected chi connectivity index (χ1v) is 8.31. The lowest BCUT2D eigenvalue weighted by molar-refractivity contribution is -0.149. The molecular weight excluding hydrogens is 316 g/mol. The van der Waals surface area contributed by atoms with E-state index >= 15 is 0 Å². The number of carbonyl (C=O) groups is 1. The van der Waals surface area contributed by atoms with Gasteiger partial charge in [-0.15, -0.1) is 0 Å². The average molecular weight is 333 g/mol. The quantitative estimate of drug-likeness (QED) is 0.626. The van der Waals surface area contributed by atoms with Gasteiger partial charge in [0.25, 0.3) is 10.1 Å². The summed E-state index contributed by atoms with van der Waals surface area (Å²) in [5.74, 6) is -1.03. The van der Waals surface area contributed by atoms with Gasteiger partial charge in [-0.1, -0.05) is 11.6 Å². The number of hydrogen-bond donors (Lipinski definition) is 0. The monoisotopic (exact) mass is 332 g/mol. The summed E-state index contributed by atoms with van der Waals surface area (Å²) in [4.78, 5) is 11.8. The smallest absolute Gasteiger partial charge is 0.312 e. The van der Waals surface area contributed by atoms with Crippen LogP contribution in [0.4, 0.5) is 0 Å². The van der Waals surface area contributed by atoms with Crippen LogP contribution >= 0.6 is 11.6 Å². The van der Waals surface area contributed by atoms with Gasteiger partial charge in [-0.3, -0.25) is 8.98 Å². The van der Waals surface area contributed by atoms with Gasteiger partial charge in [-0.25, -0.2) is 0 Å². The van der Waals surface area contributed by atoms with E-state index in [0.29, 0.717) is 11.4 Å². The molecule has 0 aromatic heterocycles. The highest BCUT2D eigenvalue weighted by molar-refractivity contribution is 7.86. The van der Waals surface area contributed by atoms with Gasteiger partial charge in [-0.05, 0) is 45.0 Å². The largest absolute Gasteiger partial charge is 0.459 e. The van der Waals surface area contributed by atoms with Crippen LogP contribution in [0, 0.1) is 5.92 Å². The topological polar surface area (TPSA) is 69.7 Å². The number of esters is 1. The van der Waals surface area contributed by atoms with E-state index in [0.717, 1.165) is 0 Å². The Labute approximate surface area is 129 Å². The third kappa shape index (κ3) is 3.75. The van der Waals surface area contributed by atoms with Crippen LogP contribution in [0.15, 0.2) is 29.2 Å². The summed E-state index contributed by atoms with van der Waals surface area (Å²) < 4.78 is 34.6. The first-order chi connectivity index (χ1) is 9.61. The molecule has 1 aromatic rings. The van der Waals surface area contributed by atoms with Crippen LogP contribution in [-0.4, -0.2) is 26.1 Å². The molecule has 0 aliphatic carbocycles. The molecule has 0 saturated carbocycles. The maximum Gasteiger partial charge on any atom is 0.312 e. The Morgan fingerprint density at radius 3 is 2.38 bits per heavy atom. The number of ether oxygens (including phenoxy) is 1. The number of cyclic esters (lactones) is 1. The van der Waals surface area contributed by atoms with Crippen LogP contribution in [0.2, 0.25) is 5.02 Å². The summed E-state index contributed by atoms with van der Waals surface area (Å²) in [6.45, 7) is 5.12. The lowest BCUT2D eigenvalue weighted by atomic mass is 9.94. The Kier molecular flexibility index (Phi) is 4.33. The van der Waals surface area contributed by atoms with Gasteiger partial charge < -0.3 is 4.74 Å². The molecule has 5 nitrogen and oxygen atoms in total. The van der Waals surface area contributed by atoms with Gasteiger partial charge in [0.2, 0.25) is 0 Å². The summed E-state index contributed by atoms with van der Waals surface area (Å²) in [7, 11) is -3.94. The predicted molar refractivity (Wildman–Crippen MR) is 77.5 cm³/mol. The Bertz CT molecular complexity index is 636. The number of hydrogen-bond acceptors (Lipinski definition) is 5. The van der Waals surface area contributed by atoms with Gasteiger partial charge in [0.1, 0.15) is 5.60 Å². The Morgan fingerprint density at radius 1 is 1.33 bits per heavy atom. The van der Waals surface area contributed by atoms with Crippen molar-refractivity contribution in [1.29, 1.82) is 0 Å². The molecule has 21 heavy (non-hydrogen) atoms. The second kappa shape index (κ2) is 5.59. The molecule has 116 valence electrons. The number of halogens is 1. The van der Waals surface area contributed by atoms with E-state index < -0.39 is 33.7 Å². The van der Waals surface area contributed by atoms with E-state index in [9.17, 15) is 13.2 Å². The van der Waals surface area contributed by atoms with E-state index in [1.54, 1.807) is 20.8 Å². The zero-order valence-electron chi connectivity index (χ0n) is 12.0. The molecule has 1 aliphatic heterocycles. The second-order valence-corrected chi connectivity index (χ2v) is 7.71. The van der Waals surface area contributed by atoms with Crippen molar-refractivity contribution < 1.29 is 22.1 Å². The minimum absolute atomic E-state index is 0.00405. The van der Waals surface area contributed by atoms with Gasteiger partial charge >= 0.3 is 5.97 Å². The standard InChI is InChI=1S/C14H17ClO5S/c1-9(12-8-14(2,3)19-13(12)16)20-21(17,18)11-6-4-10(15)5-7-11/h4-7,9,12H,8H2,1-3H3. The molecule has 0 bridgehead atoms. The van der Waals surface area contributed by atoms with E-state index in [-0.39, 0.29) is 4.90 Å². The van der Waals surface area contributed by atoms with Crippen molar-refractivity contribution in [2.75, 3.05) is 0 Å². The van der Waals surface area contributed by atoms with Crippen LogP contribution in [0.5, 0.6) is 0 Å². The second-order valence-electron chi connectivity index (χ2n) is 5.70. The van der Waals surface area contributed by atoms with Gasteiger partial charge in [0.15, 0.2) is 0 Å². The maximum absolute atomic E-state index is 12.2. The summed E-state index contributed by atoms with van der Waals surface area (Å²) in [5, 5.41) is 0.433. The zero-order valence-corrected chi connectivity index (χ0v) is 13.6. The van der Waals surface area contributed by atoms with Crippen molar-refractivity contribution in [3.05, 3.63) is 29.3 Å². The Balaban J connectivity index is 2.13. The predicted octanol–water partition coefficient (Wildman–Crippen LogP) is 2.78. The molecule has 2 atom stereocenters. The van der Waals surface area contributed by atoms with Crippen molar-refractivity contribution in [2.24, 2.45) is 5.92 Å². The molecule has 1 fully saturated rings. The number of carbonyl (C=O) groups excluding carboxylic acids is 1. The SMILES string of the molecule is CC(OS(=O)(=O)c1ccc(Cl)cc1)C1CC(C)(C)OC1=O. The molecule has 0 N–H and O–H groups in total. The highest BCUT2D eigenvalue weighted by atomic mass is 35.5. The molecule has 0 spiro atoms. The Hall–Kier alpha value is -1.11. The minimum atomic E-state index is -3.94. The lowest BCUT2D eigenvalue weighted by Crippen LogP contribution is -2.27. The van der Waals surface area contributed by atoms with E-state index in [1.165, 1.54) is 24.3 Å². The van der Waals surface area contributed by atoms with Crippen LogP contribution < -0.4 is 0 Å².